The lowest BCUT2D eigenvalue weighted by molar-refractivity contribution is 0.570. The van der Waals surface area contributed by atoms with Gasteiger partial charge in [0.05, 0.1) is 5.56 Å². The minimum atomic E-state index is -0.469. The highest BCUT2D eigenvalue weighted by molar-refractivity contribution is 5.35. The Labute approximate surface area is 125 Å². The third kappa shape index (κ3) is 3.68. The predicted octanol–water partition coefficient (Wildman–Crippen LogP) is 4.17. The number of nitrogens with zero attached hydrogens (tertiary/aromatic N) is 1. The van der Waals surface area contributed by atoms with E-state index in [-0.39, 0.29) is 11.6 Å². The summed E-state index contributed by atoms with van der Waals surface area (Å²) in [5, 5.41) is 12.3. The molecule has 1 N–H and O–H groups in total. The van der Waals surface area contributed by atoms with Crippen LogP contribution in [0.3, 0.4) is 0 Å². The highest BCUT2D eigenvalue weighted by Crippen LogP contribution is 2.19. The molecule has 2 rings (SSSR count). The molecule has 0 amide bonds. The molecule has 0 fully saturated rings. The zero-order valence-electron chi connectivity index (χ0n) is 12.6. The van der Waals surface area contributed by atoms with E-state index in [1.165, 1.54) is 22.8 Å². The van der Waals surface area contributed by atoms with E-state index in [0.29, 0.717) is 6.54 Å². The number of benzene rings is 2. The second-order valence-electron chi connectivity index (χ2n) is 5.39. The molecule has 3 heteroatoms. The third-order valence-electron chi connectivity index (χ3n) is 3.66. The standard InChI is InChI=1S/C18H19FN2/c1-12-4-6-17(13(2)8-12)14(3)21-11-15-5-7-18(19)16(9-15)10-20/h4-9,14,21H,11H2,1-3H3. The molecule has 0 saturated heterocycles. The lowest BCUT2D eigenvalue weighted by Gasteiger charge is -2.17. The average Bonchev–Trinajstić information content (AvgIpc) is 2.46. The van der Waals surface area contributed by atoms with Gasteiger partial charge in [-0.25, -0.2) is 4.39 Å². The monoisotopic (exact) mass is 282 g/mol. The number of halogens is 1. The van der Waals surface area contributed by atoms with Crippen molar-refractivity contribution in [2.24, 2.45) is 0 Å². The van der Waals surface area contributed by atoms with Crippen LogP contribution in [0.15, 0.2) is 36.4 Å². The van der Waals surface area contributed by atoms with Crippen LogP contribution in [0.2, 0.25) is 0 Å². The average molecular weight is 282 g/mol. The smallest absolute Gasteiger partial charge is 0.140 e. The summed E-state index contributed by atoms with van der Waals surface area (Å²) in [7, 11) is 0. The molecule has 2 aromatic rings. The molecule has 2 aromatic carbocycles. The summed E-state index contributed by atoms with van der Waals surface area (Å²) in [5.74, 6) is -0.469. The van der Waals surface area contributed by atoms with Crippen LogP contribution < -0.4 is 5.32 Å². The lowest BCUT2D eigenvalue weighted by atomic mass is 10.00. The maximum Gasteiger partial charge on any atom is 0.140 e. The Bertz CT molecular complexity index is 686. The van der Waals surface area contributed by atoms with Gasteiger partial charge in [0.1, 0.15) is 11.9 Å². The molecule has 0 bridgehead atoms. The first-order valence-corrected chi connectivity index (χ1v) is 7.00. The van der Waals surface area contributed by atoms with Gasteiger partial charge in [0.15, 0.2) is 0 Å². The van der Waals surface area contributed by atoms with E-state index >= 15 is 0 Å². The van der Waals surface area contributed by atoms with Gasteiger partial charge in [-0.3, -0.25) is 0 Å². The van der Waals surface area contributed by atoms with Crippen molar-refractivity contribution in [1.82, 2.24) is 5.32 Å². The van der Waals surface area contributed by atoms with Gasteiger partial charge in [0, 0.05) is 12.6 Å². The first-order chi connectivity index (χ1) is 10.0. The van der Waals surface area contributed by atoms with E-state index in [2.05, 4.69) is 44.3 Å². The number of hydrogen-bond donors (Lipinski definition) is 1. The van der Waals surface area contributed by atoms with Crippen LogP contribution in [0, 0.1) is 31.0 Å². The Morgan fingerprint density at radius 1 is 1.19 bits per heavy atom. The van der Waals surface area contributed by atoms with Gasteiger partial charge in [0.2, 0.25) is 0 Å². The number of aryl methyl sites for hydroxylation is 2. The molecule has 108 valence electrons. The van der Waals surface area contributed by atoms with Crippen LogP contribution in [0.4, 0.5) is 4.39 Å². The van der Waals surface area contributed by atoms with E-state index in [1.807, 2.05) is 6.07 Å². The van der Waals surface area contributed by atoms with Crippen molar-refractivity contribution in [3.8, 4) is 6.07 Å². The van der Waals surface area contributed by atoms with Gasteiger partial charge in [-0.05, 0) is 49.6 Å². The molecule has 0 aliphatic rings. The predicted molar refractivity (Wildman–Crippen MR) is 82.3 cm³/mol. The second kappa shape index (κ2) is 6.51. The summed E-state index contributed by atoms with van der Waals surface area (Å²) in [4.78, 5) is 0. The number of rotatable bonds is 4. The number of hydrogen-bond acceptors (Lipinski definition) is 2. The highest BCUT2D eigenvalue weighted by Gasteiger charge is 2.09. The van der Waals surface area contributed by atoms with Gasteiger partial charge in [0.25, 0.3) is 0 Å². The highest BCUT2D eigenvalue weighted by atomic mass is 19.1. The first-order valence-electron chi connectivity index (χ1n) is 7.00. The van der Waals surface area contributed by atoms with Crippen molar-refractivity contribution in [3.05, 3.63) is 70.0 Å². The van der Waals surface area contributed by atoms with E-state index in [4.69, 9.17) is 5.26 Å². The van der Waals surface area contributed by atoms with Crippen LogP contribution in [-0.2, 0) is 6.54 Å². The van der Waals surface area contributed by atoms with Crippen LogP contribution in [0.5, 0.6) is 0 Å². The van der Waals surface area contributed by atoms with Crippen LogP contribution >= 0.6 is 0 Å². The van der Waals surface area contributed by atoms with E-state index in [0.717, 1.165) is 5.56 Å². The molecule has 0 heterocycles. The largest absolute Gasteiger partial charge is 0.306 e. The minimum absolute atomic E-state index is 0.0912. The van der Waals surface area contributed by atoms with Gasteiger partial charge in [-0.1, -0.05) is 29.8 Å². The number of nitrogens with one attached hydrogen (secondary N) is 1. The summed E-state index contributed by atoms with van der Waals surface area (Å²) < 4.78 is 13.3. The molecule has 21 heavy (non-hydrogen) atoms. The van der Waals surface area contributed by atoms with Crippen molar-refractivity contribution in [2.75, 3.05) is 0 Å². The zero-order chi connectivity index (χ0) is 15.4. The fourth-order valence-corrected chi connectivity index (χ4v) is 2.46. The third-order valence-corrected chi connectivity index (χ3v) is 3.66. The molecule has 1 atom stereocenters. The fraction of sp³-hybridized carbons (Fsp3) is 0.278. The summed E-state index contributed by atoms with van der Waals surface area (Å²) in [6.45, 7) is 6.89. The molecule has 2 nitrogen and oxygen atoms in total. The fourth-order valence-electron chi connectivity index (χ4n) is 2.46. The van der Waals surface area contributed by atoms with Crippen molar-refractivity contribution in [2.45, 2.75) is 33.4 Å². The quantitative estimate of drug-likeness (QED) is 0.913. The molecule has 0 aromatic heterocycles. The Hall–Kier alpha value is -2.18. The minimum Gasteiger partial charge on any atom is -0.306 e. The molecule has 0 radical (unpaired) electrons. The Morgan fingerprint density at radius 3 is 2.62 bits per heavy atom. The van der Waals surface area contributed by atoms with Crippen LogP contribution in [-0.4, -0.2) is 0 Å². The van der Waals surface area contributed by atoms with Crippen molar-refractivity contribution in [3.63, 3.8) is 0 Å². The van der Waals surface area contributed by atoms with Crippen molar-refractivity contribution in [1.29, 1.82) is 5.26 Å². The molecule has 0 saturated carbocycles. The maximum absolute atomic E-state index is 13.3. The topological polar surface area (TPSA) is 35.8 Å². The van der Waals surface area contributed by atoms with E-state index < -0.39 is 5.82 Å². The molecular weight excluding hydrogens is 263 g/mol. The van der Waals surface area contributed by atoms with Crippen LogP contribution in [0.25, 0.3) is 0 Å². The summed E-state index contributed by atoms with van der Waals surface area (Å²) in [6.07, 6.45) is 0. The molecular formula is C18H19FN2. The molecule has 1 unspecified atom stereocenters. The lowest BCUT2D eigenvalue weighted by Crippen LogP contribution is -2.19. The summed E-state index contributed by atoms with van der Waals surface area (Å²) in [6, 6.07) is 13.1. The van der Waals surface area contributed by atoms with Crippen molar-refractivity contribution >= 4 is 0 Å². The van der Waals surface area contributed by atoms with Gasteiger partial charge >= 0.3 is 0 Å². The Balaban J connectivity index is 2.07. The van der Waals surface area contributed by atoms with E-state index in [1.54, 1.807) is 12.1 Å². The molecule has 0 aliphatic heterocycles. The zero-order valence-corrected chi connectivity index (χ0v) is 12.6. The summed E-state index contributed by atoms with van der Waals surface area (Å²) >= 11 is 0. The van der Waals surface area contributed by atoms with Crippen molar-refractivity contribution < 1.29 is 4.39 Å². The van der Waals surface area contributed by atoms with Gasteiger partial charge < -0.3 is 5.32 Å². The Kier molecular flexibility index (Phi) is 4.72. The molecule has 0 aliphatic carbocycles. The SMILES string of the molecule is Cc1ccc(C(C)NCc2ccc(F)c(C#N)c2)c(C)c1. The number of nitriles is 1. The normalized spacial score (nSPS) is 12.0. The maximum atomic E-state index is 13.3. The van der Waals surface area contributed by atoms with Gasteiger partial charge in [-0.2, -0.15) is 5.26 Å². The van der Waals surface area contributed by atoms with Crippen LogP contribution in [0.1, 0.15) is 40.8 Å². The summed E-state index contributed by atoms with van der Waals surface area (Å²) in [5.41, 5.74) is 4.76. The first kappa shape index (κ1) is 15.2. The Morgan fingerprint density at radius 2 is 1.95 bits per heavy atom. The second-order valence-corrected chi connectivity index (χ2v) is 5.39. The molecule has 0 spiro atoms. The van der Waals surface area contributed by atoms with Gasteiger partial charge in [-0.15, -0.1) is 0 Å². The van der Waals surface area contributed by atoms with E-state index in [9.17, 15) is 4.39 Å².